The van der Waals surface area contributed by atoms with Gasteiger partial charge in [-0.05, 0) is 54.5 Å². The van der Waals surface area contributed by atoms with Crippen molar-refractivity contribution in [2.75, 3.05) is 31.1 Å². The predicted octanol–water partition coefficient (Wildman–Crippen LogP) is 3.12. The number of nitro benzene ring substituents is 1. The standard InChI is InChI=1S/C24H27FN4O3/c25-19-5-3-17(4-6-19)14-27-9-10-28-22-8-7-20(29(31)32)11-18(22)12-21(23(28)15-27)24(30)26-13-16-1-2-16/h3-8,11,16,21,23H,1-2,9-10,12-15H2,(H,26,30)/t21-,23-/m0/s1. The van der Waals surface area contributed by atoms with Gasteiger partial charge in [-0.1, -0.05) is 12.1 Å². The number of fused-ring (bicyclic) bond motifs is 3. The summed E-state index contributed by atoms with van der Waals surface area (Å²) in [4.78, 5) is 28.7. The van der Waals surface area contributed by atoms with Crippen LogP contribution < -0.4 is 10.2 Å². The Hall–Kier alpha value is -3.00. The van der Waals surface area contributed by atoms with Gasteiger partial charge in [0.25, 0.3) is 5.69 Å². The highest BCUT2D eigenvalue weighted by Crippen LogP contribution is 2.38. The number of anilines is 1. The normalized spacial score (nSPS) is 22.7. The van der Waals surface area contributed by atoms with Crippen molar-refractivity contribution in [1.82, 2.24) is 10.2 Å². The van der Waals surface area contributed by atoms with Crippen molar-refractivity contribution >= 4 is 17.3 Å². The van der Waals surface area contributed by atoms with Crippen LogP contribution in [0, 0.1) is 27.8 Å². The maximum absolute atomic E-state index is 13.3. The predicted molar refractivity (Wildman–Crippen MR) is 119 cm³/mol. The lowest BCUT2D eigenvalue weighted by atomic mass is 9.83. The second kappa shape index (κ2) is 8.50. The highest BCUT2D eigenvalue weighted by molar-refractivity contribution is 5.82. The van der Waals surface area contributed by atoms with E-state index in [2.05, 4.69) is 15.1 Å². The average molecular weight is 439 g/mol. The van der Waals surface area contributed by atoms with Crippen molar-refractivity contribution in [3.8, 4) is 0 Å². The van der Waals surface area contributed by atoms with Crippen LogP contribution in [0.2, 0.25) is 0 Å². The number of rotatable bonds is 6. The van der Waals surface area contributed by atoms with Crippen LogP contribution in [0.25, 0.3) is 0 Å². The Balaban J connectivity index is 1.39. The molecule has 2 aromatic rings. The number of halogens is 1. The van der Waals surface area contributed by atoms with E-state index in [9.17, 15) is 19.3 Å². The molecular weight excluding hydrogens is 411 g/mol. The van der Waals surface area contributed by atoms with Gasteiger partial charge >= 0.3 is 0 Å². The Morgan fingerprint density at radius 1 is 1.16 bits per heavy atom. The molecule has 1 saturated carbocycles. The maximum atomic E-state index is 13.3. The molecule has 7 nitrogen and oxygen atoms in total. The lowest BCUT2D eigenvalue weighted by Gasteiger charge is -2.49. The zero-order valence-corrected chi connectivity index (χ0v) is 17.9. The molecule has 2 fully saturated rings. The summed E-state index contributed by atoms with van der Waals surface area (Å²) in [5, 5.41) is 14.4. The summed E-state index contributed by atoms with van der Waals surface area (Å²) in [6, 6.07) is 11.6. The van der Waals surface area contributed by atoms with E-state index in [1.165, 1.54) is 25.0 Å². The number of amides is 1. The smallest absolute Gasteiger partial charge is 0.269 e. The van der Waals surface area contributed by atoms with Crippen LogP contribution in [0.5, 0.6) is 0 Å². The average Bonchev–Trinajstić information content (AvgIpc) is 3.62. The fourth-order valence-electron chi connectivity index (χ4n) is 4.97. The number of nitrogens with zero attached hydrogens (tertiary/aromatic N) is 3. The first-order valence-corrected chi connectivity index (χ1v) is 11.3. The van der Waals surface area contributed by atoms with Crippen LogP contribution in [-0.4, -0.2) is 48.0 Å². The number of hydrogen-bond acceptors (Lipinski definition) is 5. The first kappa shape index (κ1) is 20.9. The van der Waals surface area contributed by atoms with E-state index in [0.29, 0.717) is 25.4 Å². The van der Waals surface area contributed by atoms with Gasteiger partial charge in [-0.15, -0.1) is 0 Å². The van der Waals surface area contributed by atoms with Crippen molar-refractivity contribution in [1.29, 1.82) is 0 Å². The van der Waals surface area contributed by atoms with E-state index < -0.39 is 0 Å². The van der Waals surface area contributed by atoms with Crippen molar-refractivity contribution in [2.45, 2.75) is 31.8 Å². The van der Waals surface area contributed by atoms with Crippen molar-refractivity contribution < 1.29 is 14.1 Å². The summed E-state index contributed by atoms with van der Waals surface area (Å²) >= 11 is 0. The van der Waals surface area contributed by atoms with Gasteiger partial charge in [0.05, 0.1) is 16.9 Å². The quantitative estimate of drug-likeness (QED) is 0.554. The molecule has 2 aromatic carbocycles. The molecule has 0 bridgehead atoms. The topological polar surface area (TPSA) is 78.7 Å². The zero-order valence-electron chi connectivity index (χ0n) is 17.9. The number of piperazine rings is 1. The van der Waals surface area contributed by atoms with Crippen LogP contribution in [0.15, 0.2) is 42.5 Å². The number of benzene rings is 2. The molecule has 1 saturated heterocycles. The molecule has 1 N–H and O–H groups in total. The highest BCUT2D eigenvalue weighted by atomic mass is 19.1. The number of hydrogen-bond donors (Lipinski definition) is 1. The Kier molecular flexibility index (Phi) is 5.55. The van der Waals surface area contributed by atoms with Crippen LogP contribution in [-0.2, 0) is 17.8 Å². The highest BCUT2D eigenvalue weighted by Gasteiger charge is 2.42. The number of carbonyl (C=O) groups is 1. The molecule has 8 heteroatoms. The lowest BCUT2D eigenvalue weighted by Crippen LogP contribution is -2.61. The van der Waals surface area contributed by atoms with Gasteiger partial charge in [0.2, 0.25) is 5.91 Å². The van der Waals surface area contributed by atoms with E-state index in [-0.39, 0.29) is 34.3 Å². The van der Waals surface area contributed by atoms with Crippen molar-refractivity contribution in [2.24, 2.45) is 11.8 Å². The zero-order chi connectivity index (χ0) is 22.2. The minimum atomic E-state index is -0.380. The molecule has 0 radical (unpaired) electrons. The number of carbonyl (C=O) groups excluding carboxylic acids is 1. The summed E-state index contributed by atoms with van der Waals surface area (Å²) in [6.07, 6.45) is 2.83. The Bertz CT molecular complexity index is 1020. The molecule has 1 amide bonds. The molecular formula is C24H27FN4O3. The monoisotopic (exact) mass is 438 g/mol. The molecule has 5 rings (SSSR count). The summed E-state index contributed by atoms with van der Waals surface area (Å²) in [6.45, 7) is 3.68. The lowest BCUT2D eigenvalue weighted by molar-refractivity contribution is -0.384. The van der Waals surface area contributed by atoms with Gasteiger partial charge in [0.15, 0.2) is 0 Å². The second-order valence-corrected chi connectivity index (χ2v) is 9.19. The molecule has 2 heterocycles. The first-order chi connectivity index (χ1) is 15.5. The minimum absolute atomic E-state index is 0.00245. The van der Waals surface area contributed by atoms with Crippen LogP contribution >= 0.6 is 0 Å². The molecule has 0 spiro atoms. The Morgan fingerprint density at radius 2 is 1.94 bits per heavy atom. The van der Waals surface area contributed by atoms with Gasteiger partial charge in [-0.2, -0.15) is 0 Å². The van der Waals surface area contributed by atoms with Crippen LogP contribution in [0.1, 0.15) is 24.0 Å². The van der Waals surface area contributed by atoms with Crippen molar-refractivity contribution in [3.63, 3.8) is 0 Å². The fourth-order valence-corrected chi connectivity index (χ4v) is 4.97. The van der Waals surface area contributed by atoms with Gasteiger partial charge in [0, 0.05) is 50.5 Å². The summed E-state index contributed by atoms with van der Waals surface area (Å²) in [5.74, 6) is 0.115. The summed E-state index contributed by atoms with van der Waals surface area (Å²) in [5.41, 5.74) is 2.97. The Labute approximate surface area is 186 Å². The van der Waals surface area contributed by atoms with Gasteiger partial charge in [-0.25, -0.2) is 4.39 Å². The fraction of sp³-hybridized carbons (Fsp3) is 0.458. The molecule has 2 atom stereocenters. The third-order valence-corrected chi connectivity index (χ3v) is 6.91. The van der Waals surface area contributed by atoms with E-state index >= 15 is 0 Å². The summed E-state index contributed by atoms with van der Waals surface area (Å²) < 4.78 is 13.3. The minimum Gasteiger partial charge on any atom is -0.365 e. The van der Waals surface area contributed by atoms with Gasteiger partial charge < -0.3 is 10.2 Å². The Morgan fingerprint density at radius 3 is 2.66 bits per heavy atom. The molecule has 0 aromatic heterocycles. The number of nitrogens with one attached hydrogen (secondary N) is 1. The van der Waals surface area contributed by atoms with E-state index in [1.54, 1.807) is 24.3 Å². The second-order valence-electron chi connectivity index (χ2n) is 9.19. The number of non-ortho nitro benzene ring substituents is 1. The molecule has 168 valence electrons. The molecule has 3 aliphatic rings. The van der Waals surface area contributed by atoms with Crippen molar-refractivity contribution in [3.05, 3.63) is 69.5 Å². The van der Waals surface area contributed by atoms with E-state index in [1.807, 2.05) is 6.07 Å². The molecule has 0 unspecified atom stereocenters. The van der Waals surface area contributed by atoms with Crippen LogP contribution in [0.4, 0.5) is 15.8 Å². The third kappa shape index (κ3) is 4.32. The SMILES string of the molecule is O=C(NCC1CC1)[C@H]1Cc2cc([N+](=O)[O-])ccc2N2CCN(Cc3ccc(F)cc3)C[C@@H]12. The molecule has 1 aliphatic carbocycles. The van der Waals surface area contributed by atoms with E-state index in [4.69, 9.17) is 0 Å². The first-order valence-electron chi connectivity index (χ1n) is 11.3. The largest absolute Gasteiger partial charge is 0.365 e. The van der Waals surface area contributed by atoms with E-state index in [0.717, 1.165) is 36.4 Å². The number of nitro groups is 1. The molecule has 32 heavy (non-hydrogen) atoms. The third-order valence-electron chi connectivity index (χ3n) is 6.91. The van der Waals surface area contributed by atoms with Crippen LogP contribution in [0.3, 0.4) is 0 Å². The summed E-state index contributed by atoms with van der Waals surface area (Å²) in [7, 11) is 0. The maximum Gasteiger partial charge on any atom is 0.269 e. The van der Waals surface area contributed by atoms with Gasteiger partial charge in [-0.3, -0.25) is 19.8 Å². The van der Waals surface area contributed by atoms with Gasteiger partial charge in [0.1, 0.15) is 5.82 Å². The molecule has 2 aliphatic heterocycles.